The van der Waals surface area contributed by atoms with Gasteiger partial charge in [0, 0.05) is 30.9 Å². The molecule has 1 saturated heterocycles. The van der Waals surface area contributed by atoms with Gasteiger partial charge in [-0.15, -0.1) is 24.0 Å². The smallest absolute Gasteiger partial charge is 0.191 e. The van der Waals surface area contributed by atoms with Crippen molar-refractivity contribution in [3.63, 3.8) is 0 Å². The number of guanidine groups is 1. The summed E-state index contributed by atoms with van der Waals surface area (Å²) in [4.78, 5) is 7.01. The zero-order valence-corrected chi connectivity index (χ0v) is 17.5. The fourth-order valence-corrected chi connectivity index (χ4v) is 4.39. The monoisotopic (exact) mass is 440 g/mol. The second kappa shape index (κ2) is 11.0. The minimum Gasteiger partial charge on any atom is -0.355 e. The molecule has 0 amide bonds. The summed E-state index contributed by atoms with van der Waals surface area (Å²) in [7, 11) is 1.88. The molecule has 2 fully saturated rings. The van der Waals surface area contributed by atoms with Crippen LogP contribution in [0.25, 0.3) is 0 Å². The predicted octanol–water partition coefficient (Wildman–Crippen LogP) is 2.93. The van der Waals surface area contributed by atoms with Crippen LogP contribution < -0.4 is 10.6 Å². The fourth-order valence-electron chi connectivity index (χ4n) is 3.60. The largest absolute Gasteiger partial charge is 0.355 e. The van der Waals surface area contributed by atoms with Crippen LogP contribution in [0.3, 0.4) is 0 Å². The van der Waals surface area contributed by atoms with Gasteiger partial charge in [0.2, 0.25) is 0 Å². The molecule has 3 unspecified atom stereocenters. The molecule has 4 nitrogen and oxygen atoms in total. The number of likely N-dealkylation sites (N-methyl/N-ethyl adjacent to an activating group) is 1. The maximum atomic E-state index is 4.41. The van der Waals surface area contributed by atoms with E-state index in [-0.39, 0.29) is 24.0 Å². The van der Waals surface area contributed by atoms with E-state index in [9.17, 15) is 0 Å². The van der Waals surface area contributed by atoms with Crippen LogP contribution in [-0.2, 0) is 0 Å². The summed E-state index contributed by atoms with van der Waals surface area (Å²) in [6.45, 7) is 5.71. The van der Waals surface area contributed by atoms with Crippen molar-refractivity contribution in [3.8, 4) is 0 Å². The van der Waals surface area contributed by atoms with Crippen LogP contribution in [0, 0.1) is 0 Å². The highest BCUT2D eigenvalue weighted by molar-refractivity contribution is 14.0. The quantitative estimate of drug-likeness (QED) is 0.392. The highest BCUT2D eigenvalue weighted by atomic mass is 127. The van der Waals surface area contributed by atoms with Crippen molar-refractivity contribution in [2.75, 3.05) is 32.9 Å². The first-order valence-electron chi connectivity index (χ1n) is 8.50. The van der Waals surface area contributed by atoms with Crippen LogP contribution in [0.4, 0.5) is 0 Å². The van der Waals surface area contributed by atoms with E-state index in [2.05, 4.69) is 33.7 Å². The number of nitrogens with one attached hydrogen (secondary N) is 2. The highest BCUT2D eigenvalue weighted by Gasteiger charge is 2.25. The Morgan fingerprint density at radius 3 is 2.73 bits per heavy atom. The minimum absolute atomic E-state index is 0. The molecule has 0 aromatic rings. The Bertz CT molecular complexity index is 340. The van der Waals surface area contributed by atoms with Crippen LogP contribution in [0.1, 0.15) is 45.4 Å². The van der Waals surface area contributed by atoms with E-state index in [1.807, 2.05) is 18.8 Å². The van der Waals surface area contributed by atoms with E-state index in [0.29, 0.717) is 12.1 Å². The fraction of sp³-hybridized carbons (Fsp3) is 0.938. The first-order valence-corrected chi connectivity index (χ1v) is 9.79. The molecule has 0 spiro atoms. The molecule has 0 aromatic heterocycles. The second-order valence-electron chi connectivity index (χ2n) is 6.24. The standard InChI is InChI=1S/C16H32N4S.HI/c1-4-20-10-6-5-7-14(20)12-18-16(17-2)19-13-8-9-15(11-13)21-3;/h13-15H,4-12H2,1-3H3,(H2,17,18,19);1H. The van der Waals surface area contributed by atoms with Crippen molar-refractivity contribution >= 4 is 41.7 Å². The number of hydrogen-bond acceptors (Lipinski definition) is 3. The van der Waals surface area contributed by atoms with Crippen LogP contribution in [-0.4, -0.2) is 61.1 Å². The van der Waals surface area contributed by atoms with Crippen LogP contribution in [0.15, 0.2) is 4.99 Å². The van der Waals surface area contributed by atoms with Gasteiger partial charge >= 0.3 is 0 Å². The molecular weight excluding hydrogens is 407 g/mol. The molecule has 22 heavy (non-hydrogen) atoms. The third kappa shape index (κ3) is 6.07. The van der Waals surface area contributed by atoms with Gasteiger partial charge in [-0.2, -0.15) is 11.8 Å². The van der Waals surface area contributed by atoms with E-state index >= 15 is 0 Å². The highest BCUT2D eigenvalue weighted by Crippen LogP contribution is 2.28. The summed E-state index contributed by atoms with van der Waals surface area (Å²) in [5.41, 5.74) is 0. The molecule has 1 saturated carbocycles. The topological polar surface area (TPSA) is 39.7 Å². The Kier molecular flexibility index (Phi) is 10.1. The van der Waals surface area contributed by atoms with Gasteiger partial charge < -0.3 is 10.6 Å². The average Bonchev–Trinajstić information content (AvgIpc) is 2.99. The first kappa shape index (κ1) is 20.4. The Morgan fingerprint density at radius 1 is 1.27 bits per heavy atom. The molecule has 2 aliphatic rings. The third-order valence-corrected chi connectivity index (χ3v) is 6.04. The molecule has 3 atom stereocenters. The number of nitrogens with zero attached hydrogens (tertiary/aromatic N) is 2. The Hall–Kier alpha value is 0.310. The van der Waals surface area contributed by atoms with Crippen molar-refractivity contribution in [3.05, 3.63) is 0 Å². The summed E-state index contributed by atoms with van der Waals surface area (Å²) in [5, 5.41) is 7.99. The number of aliphatic imine (C=N–C) groups is 1. The number of likely N-dealkylation sites (tertiary alicyclic amines) is 1. The molecule has 2 N–H and O–H groups in total. The summed E-state index contributed by atoms with van der Waals surface area (Å²) >= 11 is 2.00. The number of thioether (sulfide) groups is 1. The first-order chi connectivity index (χ1) is 10.3. The van der Waals surface area contributed by atoms with E-state index < -0.39 is 0 Å². The van der Waals surface area contributed by atoms with E-state index in [0.717, 1.165) is 24.3 Å². The molecule has 1 heterocycles. The Labute approximate surface area is 157 Å². The third-order valence-electron chi connectivity index (χ3n) is 4.94. The SMILES string of the molecule is CCN1CCCCC1CNC(=NC)NC1CCC(SC)C1.I. The van der Waals surface area contributed by atoms with Gasteiger partial charge in [0.05, 0.1) is 0 Å². The molecule has 0 aromatic carbocycles. The summed E-state index contributed by atoms with van der Waals surface area (Å²) in [5.74, 6) is 0.989. The molecule has 130 valence electrons. The maximum absolute atomic E-state index is 4.41. The van der Waals surface area contributed by atoms with Gasteiger partial charge in [0.1, 0.15) is 0 Å². The lowest BCUT2D eigenvalue weighted by molar-refractivity contribution is 0.157. The maximum Gasteiger partial charge on any atom is 0.191 e. The number of hydrogen-bond donors (Lipinski definition) is 2. The van der Waals surface area contributed by atoms with Gasteiger partial charge in [0.15, 0.2) is 5.96 Å². The number of rotatable bonds is 5. The second-order valence-corrected chi connectivity index (χ2v) is 7.38. The van der Waals surface area contributed by atoms with Crippen molar-refractivity contribution in [2.24, 2.45) is 4.99 Å². The van der Waals surface area contributed by atoms with Gasteiger partial charge in [0.25, 0.3) is 0 Å². The molecule has 1 aliphatic heterocycles. The lowest BCUT2D eigenvalue weighted by Crippen LogP contribution is -2.50. The number of piperidine rings is 1. The molecule has 0 radical (unpaired) electrons. The lowest BCUT2D eigenvalue weighted by atomic mass is 10.0. The molecule has 1 aliphatic carbocycles. The van der Waals surface area contributed by atoms with Crippen LogP contribution >= 0.6 is 35.7 Å². The Morgan fingerprint density at radius 2 is 2.09 bits per heavy atom. The van der Waals surface area contributed by atoms with E-state index in [1.165, 1.54) is 45.1 Å². The zero-order valence-electron chi connectivity index (χ0n) is 14.3. The van der Waals surface area contributed by atoms with Crippen LogP contribution in [0.5, 0.6) is 0 Å². The Balaban J connectivity index is 0.00000242. The molecular formula is C16H33IN4S. The van der Waals surface area contributed by atoms with Gasteiger partial charge in [-0.25, -0.2) is 0 Å². The summed E-state index contributed by atoms with van der Waals surface area (Å²) < 4.78 is 0. The molecule has 0 bridgehead atoms. The van der Waals surface area contributed by atoms with Gasteiger partial charge in [-0.05, 0) is 51.4 Å². The van der Waals surface area contributed by atoms with Crippen molar-refractivity contribution < 1.29 is 0 Å². The van der Waals surface area contributed by atoms with Crippen molar-refractivity contribution in [1.29, 1.82) is 0 Å². The van der Waals surface area contributed by atoms with E-state index in [4.69, 9.17) is 0 Å². The summed E-state index contributed by atoms with van der Waals surface area (Å²) in [6.07, 6.45) is 10.1. The van der Waals surface area contributed by atoms with Gasteiger partial charge in [-0.3, -0.25) is 9.89 Å². The van der Waals surface area contributed by atoms with Crippen molar-refractivity contribution in [1.82, 2.24) is 15.5 Å². The minimum atomic E-state index is 0. The lowest BCUT2D eigenvalue weighted by Gasteiger charge is -2.35. The average molecular weight is 440 g/mol. The van der Waals surface area contributed by atoms with Gasteiger partial charge in [-0.1, -0.05) is 13.3 Å². The summed E-state index contributed by atoms with van der Waals surface area (Å²) in [6, 6.07) is 1.27. The number of halogens is 1. The normalized spacial score (nSPS) is 30.0. The molecule has 2 rings (SSSR count). The van der Waals surface area contributed by atoms with Crippen LogP contribution in [0.2, 0.25) is 0 Å². The predicted molar refractivity (Wildman–Crippen MR) is 110 cm³/mol. The zero-order chi connectivity index (χ0) is 15.1. The van der Waals surface area contributed by atoms with E-state index in [1.54, 1.807) is 0 Å². The molecule has 6 heteroatoms. The van der Waals surface area contributed by atoms with Crippen molar-refractivity contribution in [2.45, 2.75) is 62.8 Å².